The lowest BCUT2D eigenvalue weighted by Gasteiger charge is -2.17. The number of nitrogens with zero attached hydrogens (tertiary/aromatic N) is 4. The zero-order chi connectivity index (χ0) is 16.4. The number of hydrogen-bond acceptors (Lipinski definition) is 5. The molecule has 1 N–H and O–H groups in total. The van der Waals surface area contributed by atoms with Gasteiger partial charge in [0.05, 0.1) is 5.52 Å². The van der Waals surface area contributed by atoms with Crippen molar-refractivity contribution in [2.75, 3.05) is 23.3 Å². The Morgan fingerprint density at radius 2 is 1.96 bits per heavy atom. The van der Waals surface area contributed by atoms with Gasteiger partial charge in [0.1, 0.15) is 11.8 Å². The highest BCUT2D eigenvalue weighted by molar-refractivity contribution is 5.95. The van der Waals surface area contributed by atoms with Crippen molar-refractivity contribution in [1.29, 1.82) is 0 Å². The number of anilines is 2. The molecular weight excluding hydrogens is 302 g/mol. The van der Waals surface area contributed by atoms with Crippen LogP contribution < -0.4 is 10.2 Å². The fraction of sp³-hybridized carbons (Fsp3) is 0.222. The molecule has 24 heavy (non-hydrogen) atoms. The summed E-state index contributed by atoms with van der Waals surface area (Å²) in [6.45, 7) is 1.39. The summed E-state index contributed by atoms with van der Waals surface area (Å²) in [6.07, 6.45) is 3.80. The average molecular weight is 319 g/mol. The molecule has 1 aliphatic rings. The quantitative estimate of drug-likeness (QED) is 0.800. The fourth-order valence-corrected chi connectivity index (χ4v) is 3.04. The van der Waals surface area contributed by atoms with Crippen LogP contribution in [0.4, 0.5) is 11.5 Å². The van der Waals surface area contributed by atoms with Crippen LogP contribution in [0.3, 0.4) is 0 Å². The molecule has 1 aromatic carbocycles. The molecule has 4 rings (SSSR count). The second-order valence-electron chi connectivity index (χ2n) is 5.88. The first kappa shape index (κ1) is 14.6. The van der Waals surface area contributed by atoms with Gasteiger partial charge in [-0.15, -0.1) is 0 Å². The highest BCUT2D eigenvalue weighted by Crippen LogP contribution is 2.25. The molecule has 1 unspecified atom stereocenters. The lowest BCUT2D eigenvalue weighted by atomic mass is 10.1. The highest BCUT2D eigenvalue weighted by atomic mass is 16.2. The predicted octanol–water partition coefficient (Wildman–Crippen LogP) is 2.49. The van der Waals surface area contributed by atoms with Crippen molar-refractivity contribution in [2.45, 2.75) is 6.42 Å². The minimum atomic E-state index is 0.165. The van der Waals surface area contributed by atoms with Crippen LogP contribution in [-0.4, -0.2) is 33.9 Å². The average Bonchev–Trinajstić information content (AvgIpc) is 3.01. The highest BCUT2D eigenvalue weighted by Gasteiger charge is 2.30. The van der Waals surface area contributed by atoms with Crippen molar-refractivity contribution in [1.82, 2.24) is 15.0 Å². The van der Waals surface area contributed by atoms with Gasteiger partial charge in [0.15, 0.2) is 5.82 Å². The van der Waals surface area contributed by atoms with E-state index in [0.29, 0.717) is 25.3 Å². The molecule has 120 valence electrons. The van der Waals surface area contributed by atoms with Gasteiger partial charge in [-0.3, -0.25) is 9.78 Å². The summed E-state index contributed by atoms with van der Waals surface area (Å²) in [4.78, 5) is 26.9. The number of carbonyl (C=O) groups is 1. The summed E-state index contributed by atoms with van der Waals surface area (Å²) in [5, 5.41) is 3.33. The van der Waals surface area contributed by atoms with Crippen LogP contribution in [0, 0.1) is 5.92 Å². The molecule has 0 saturated carbocycles. The summed E-state index contributed by atoms with van der Waals surface area (Å²) in [5.41, 5.74) is 2.52. The van der Waals surface area contributed by atoms with Crippen molar-refractivity contribution in [3.63, 3.8) is 0 Å². The Bertz CT molecular complexity index is 862. The van der Waals surface area contributed by atoms with Crippen LogP contribution in [0.25, 0.3) is 11.0 Å². The molecule has 1 saturated heterocycles. The Labute approximate surface area is 139 Å². The molecule has 1 fully saturated rings. The monoisotopic (exact) mass is 319 g/mol. The molecule has 2 aromatic heterocycles. The second kappa shape index (κ2) is 6.23. The van der Waals surface area contributed by atoms with Gasteiger partial charge < -0.3 is 10.2 Å². The van der Waals surface area contributed by atoms with Crippen LogP contribution in [0.15, 0.2) is 55.0 Å². The topological polar surface area (TPSA) is 71.0 Å². The number of para-hydroxylation sites is 1. The summed E-state index contributed by atoms with van der Waals surface area (Å²) < 4.78 is 0. The van der Waals surface area contributed by atoms with Crippen LogP contribution in [0.5, 0.6) is 0 Å². The maximum absolute atomic E-state index is 12.3. The summed E-state index contributed by atoms with van der Waals surface area (Å²) >= 11 is 0. The van der Waals surface area contributed by atoms with E-state index in [-0.39, 0.29) is 11.8 Å². The van der Waals surface area contributed by atoms with Crippen molar-refractivity contribution >= 4 is 28.4 Å². The van der Waals surface area contributed by atoms with E-state index in [1.807, 2.05) is 47.4 Å². The van der Waals surface area contributed by atoms with E-state index >= 15 is 0 Å². The minimum Gasteiger partial charge on any atom is -0.368 e. The number of hydrogen-bond donors (Lipinski definition) is 1. The third-order valence-electron chi connectivity index (χ3n) is 4.23. The summed E-state index contributed by atoms with van der Waals surface area (Å²) in [7, 11) is 0. The number of aromatic nitrogens is 3. The fourth-order valence-electron chi connectivity index (χ4n) is 3.04. The third-order valence-corrected chi connectivity index (χ3v) is 4.23. The zero-order valence-electron chi connectivity index (χ0n) is 13.1. The molecule has 0 radical (unpaired) electrons. The molecule has 1 atom stereocenters. The molecular formula is C18H17N5O. The van der Waals surface area contributed by atoms with E-state index in [1.165, 1.54) is 6.33 Å². The summed E-state index contributed by atoms with van der Waals surface area (Å²) in [5.74, 6) is 1.12. The maximum Gasteiger partial charge on any atom is 0.227 e. The van der Waals surface area contributed by atoms with E-state index in [4.69, 9.17) is 0 Å². The summed E-state index contributed by atoms with van der Waals surface area (Å²) in [6, 6.07) is 13.6. The van der Waals surface area contributed by atoms with Gasteiger partial charge >= 0.3 is 0 Å². The smallest absolute Gasteiger partial charge is 0.227 e. The number of nitrogens with one attached hydrogen (secondary N) is 1. The van der Waals surface area contributed by atoms with Gasteiger partial charge in [-0.25, -0.2) is 9.97 Å². The van der Waals surface area contributed by atoms with Crippen molar-refractivity contribution in [3.05, 3.63) is 55.0 Å². The van der Waals surface area contributed by atoms with E-state index in [2.05, 4.69) is 20.3 Å². The number of amides is 1. The van der Waals surface area contributed by atoms with Crippen LogP contribution >= 0.6 is 0 Å². The van der Waals surface area contributed by atoms with Gasteiger partial charge in [0, 0.05) is 37.3 Å². The first-order valence-electron chi connectivity index (χ1n) is 7.96. The second-order valence-corrected chi connectivity index (χ2v) is 5.88. The molecule has 6 heteroatoms. The van der Waals surface area contributed by atoms with E-state index < -0.39 is 0 Å². The lowest BCUT2D eigenvalue weighted by molar-refractivity contribution is -0.117. The number of pyridine rings is 1. The first-order valence-corrected chi connectivity index (χ1v) is 7.96. The molecule has 0 spiro atoms. The molecule has 6 nitrogen and oxygen atoms in total. The molecule has 3 heterocycles. The lowest BCUT2D eigenvalue weighted by Crippen LogP contribution is -2.25. The van der Waals surface area contributed by atoms with Crippen LogP contribution in [0.1, 0.15) is 6.42 Å². The standard InChI is InChI=1S/C18H17N5O/c24-16-9-13(11-23(16)14-5-2-1-3-6-14)10-20-18-17-15(21-12-22-18)7-4-8-19-17/h1-8,12-13H,9-11H2,(H,20,21,22). The third kappa shape index (κ3) is 2.78. The zero-order valence-corrected chi connectivity index (χ0v) is 13.1. The van der Waals surface area contributed by atoms with Gasteiger partial charge in [0.2, 0.25) is 5.91 Å². The predicted molar refractivity (Wildman–Crippen MR) is 92.7 cm³/mol. The molecule has 1 amide bonds. The van der Waals surface area contributed by atoms with Crippen molar-refractivity contribution in [2.24, 2.45) is 5.92 Å². The van der Waals surface area contributed by atoms with Crippen LogP contribution in [0.2, 0.25) is 0 Å². The normalized spacial score (nSPS) is 17.4. The number of fused-ring (bicyclic) bond motifs is 1. The van der Waals surface area contributed by atoms with E-state index in [0.717, 1.165) is 16.7 Å². The number of rotatable bonds is 4. The van der Waals surface area contributed by atoms with Gasteiger partial charge in [-0.05, 0) is 24.3 Å². The van der Waals surface area contributed by atoms with Crippen molar-refractivity contribution < 1.29 is 4.79 Å². The molecule has 1 aliphatic heterocycles. The number of benzene rings is 1. The molecule has 3 aromatic rings. The van der Waals surface area contributed by atoms with Gasteiger partial charge in [0.25, 0.3) is 0 Å². The Morgan fingerprint density at radius 3 is 2.83 bits per heavy atom. The van der Waals surface area contributed by atoms with Gasteiger partial charge in [-0.1, -0.05) is 18.2 Å². The molecule has 0 bridgehead atoms. The Hall–Kier alpha value is -3.02. The van der Waals surface area contributed by atoms with Crippen molar-refractivity contribution in [3.8, 4) is 0 Å². The Balaban J connectivity index is 1.46. The van der Waals surface area contributed by atoms with E-state index in [9.17, 15) is 4.79 Å². The first-order chi connectivity index (χ1) is 11.8. The van der Waals surface area contributed by atoms with Gasteiger partial charge in [-0.2, -0.15) is 0 Å². The minimum absolute atomic E-state index is 0.165. The number of carbonyl (C=O) groups excluding carboxylic acids is 1. The van der Waals surface area contributed by atoms with Crippen LogP contribution in [-0.2, 0) is 4.79 Å². The molecule has 0 aliphatic carbocycles. The van der Waals surface area contributed by atoms with E-state index in [1.54, 1.807) is 6.20 Å². The maximum atomic E-state index is 12.3. The Kier molecular flexibility index (Phi) is 3.78. The Morgan fingerprint density at radius 1 is 1.08 bits per heavy atom. The SMILES string of the molecule is O=C1CC(CNc2ncnc3cccnc23)CN1c1ccccc1. The largest absolute Gasteiger partial charge is 0.368 e.